The van der Waals surface area contributed by atoms with Crippen molar-refractivity contribution in [1.29, 1.82) is 0 Å². The summed E-state index contributed by atoms with van der Waals surface area (Å²) in [4.78, 5) is 62.3. The monoisotopic (exact) mass is 558 g/mol. The van der Waals surface area contributed by atoms with Crippen molar-refractivity contribution in [3.8, 4) is 5.75 Å². The van der Waals surface area contributed by atoms with Gasteiger partial charge < -0.3 is 19.5 Å². The van der Waals surface area contributed by atoms with E-state index in [2.05, 4.69) is 26.1 Å². The van der Waals surface area contributed by atoms with Gasteiger partial charge in [0.25, 0.3) is 5.91 Å². The third-order valence-electron chi connectivity index (χ3n) is 6.41. The van der Waals surface area contributed by atoms with E-state index in [1.807, 2.05) is 0 Å². The lowest BCUT2D eigenvalue weighted by molar-refractivity contribution is -0.149. The number of hydrogen-bond acceptors (Lipinski definition) is 8. The molecule has 1 fully saturated rings. The van der Waals surface area contributed by atoms with Crippen LogP contribution in [0.5, 0.6) is 5.75 Å². The molecule has 0 spiro atoms. The Bertz CT molecular complexity index is 1090. The van der Waals surface area contributed by atoms with E-state index in [1.165, 1.54) is 27.0 Å². The van der Waals surface area contributed by atoms with Crippen molar-refractivity contribution >= 4 is 29.7 Å². The van der Waals surface area contributed by atoms with Crippen LogP contribution in [-0.2, 0) is 39.9 Å². The first-order chi connectivity index (χ1) is 18.8. The van der Waals surface area contributed by atoms with Gasteiger partial charge in [-0.15, -0.1) is 0 Å². The minimum atomic E-state index is -0.806. The summed E-state index contributed by atoms with van der Waals surface area (Å²) in [5, 5.41) is 2.84. The fourth-order valence-electron chi connectivity index (χ4n) is 4.50. The SMILES string of the molecule is CO/C(=C/C(=O)N1C(=O)C[C@H](OC(C)=O)[C@H]1Cc1ccc(OC(C)=O)cc1)CCNC(=O)CCCCC(C)(C)C. The molecule has 1 aliphatic heterocycles. The highest BCUT2D eigenvalue weighted by Crippen LogP contribution is 2.27. The molecular formula is C30H42N2O8. The summed E-state index contributed by atoms with van der Waals surface area (Å²) in [5.41, 5.74) is 0.997. The van der Waals surface area contributed by atoms with Gasteiger partial charge in [-0.25, -0.2) is 0 Å². The van der Waals surface area contributed by atoms with Crippen LogP contribution >= 0.6 is 0 Å². The second kappa shape index (κ2) is 15.2. The van der Waals surface area contributed by atoms with Gasteiger partial charge in [0.1, 0.15) is 17.6 Å². The van der Waals surface area contributed by atoms with Crippen molar-refractivity contribution < 1.29 is 38.2 Å². The van der Waals surface area contributed by atoms with E-state index in [4.69, 9.17) is 14.2 Å². The van der Waals surface area contributed by atoms with Crippen LogP contribution in [0, 0.1) is 5.41 Å². The highest BCUT2D eigenvalue weighted by atomic mass is 16.5. The topological polar surface area (TPSA) is 128 Å². The Morgan fingerprint density at radius 3 is 2.27 bits per heavy atom. The molecule has 1 N–H and O–H groups in total. The number of benzene rings is 1. The fraction of sp³-hybridized carbons (Fsp3) is 0.567. The van der Waals surface area contributed by atoms with Gasteiger partial charge in [-0.1, -0.05) is 39.3 Å². The van der Waals surface area contributed by atoms with Crippen LogP contribution in [0.2, 0.25) is 0 Å². The first-order valence-electron chi connectivity index (χ1n) is 13.6. The van der Waals surface area contributed by atoms with E-state index in [9.17, 15) is 24.0 Å². The molecule has 3 amide bonds. The van der Waals surface area contributed by atoms with Gasteiger partial charge in [0.2, 0.25) is 11.8 Å². The maximum atomic E-state index is 13.2. The van der Waals surface area contributed by atoms with Crippen LogP contribution in [0.15, 0.2) is 36.1 Å². The van der Waals surface area contributed by atoms with E-state index in [0.29, 0.717) is 17.9 Å². The number of esters is 2. The number of carbonyl (C=O) groups is 5. The molecule has 1 aliphatic rings. The van der Waals surface area contributed by atoms with Gasteiger partial charge in [-0.05, 0) is 42.4 Å². The summed E-state index contributed by atoms with van der Waals surface area (Å²) >= 11 is 0. The van der Waals surface area contributed by atoms with E-state index < -0.39 is 35.9 Å². The second-order valence-corrected chi connectivity index (χ2v) is 11.1. The summed E-state index contributed by atoms with van der Waals surface area (Å²) in [6.07, 6.45) is 4.08. The van der Waals surface area contributed by atoms with Crippen molar-refractivity contribution in [2.24, 2.45) is 5.41 Å². The predicted molar refractivity (Wildman–Crippen MR) is 148 cm³/mol. The van der Waals surface area contributed by atoms with E-state index in [-0.39, 0.29) is 37.1 Å². The zero-order chi connectivity index (χ0) is 29.9. The van der Waals surface area contributed by atoms with Crippen LogP contribution in [0.1, 0.15) is 78.7 Å². The van der Waals surface area contributed by atoms with E-state index in [0.717, 1.165) is 29.7 Å². The number of hydrogen-bond donors (Lipinski definition) is 1. The van der Waals surface area contributed by atoms with Crippen molar-refractivity contribution in [2.75, 3.05) is 13.7 Å². The number of likely N-dealkylation sites (tertiary alicyclic amines) is 1. The molecular weight excluding hydrogens is 516 g/mol. The van der Waals surface area contributed by atoms with E-state index in [1.54, 1.807) is 24.3 Å². The van der Waals surface area contributed by atoms with Crippen molar-refractivity contribution in [1.82, 2.24) is 10.2 Å². The number of methoxy groups -OCH3 is 1. The van der Waals surface area contributed by atoms with E-state index >= 15 is 0 Å². The predicted octanol–water partition coefficient (Wildman–Crippen LogP) is 3.86. The zero-order valence-corrected chi connectivity index (χ0v) is 24.4. The number of nitrogens with one attached hydrogen (secondary N) is 1. The number of amides is 3. The zero-order valence-electron chi connectivity index (χ0n) is 24.4. The Hall–Kier alpha value is -3.69. The fourth-order valence-corrected chi connectivity index (χ4v) is 4.50. The third kappa shape index (κ3) is 11.2. The lowest BCUT2D eigenvalue weighted by atomic mass is 9.89. The first-order valence-corrected chi connectivity index (χ1v) is 13.6. The normalized spacial score (nSPS) is 17.4. The van der Waals surface area contributed by atoms with Crippen LogP contribution in [0.4, 0.5) is 0 Å². The Labute approximate surface area is 236 Å². The first kappa shape index (κ1) is 32.5. The lowest BCUT2D eigenvalue weighted by Crippen LogP contribution is -2.43. The Kier molecular flexibility index (Phi) is 12.4. The number of unbranched alkanes of at least 4 members (excludes halogenated alkanes) is 1. The Balaban J connectivity index is 2.04. The quantitative estimate of drug-likeness (QED) is 0.127. The van der Waals surface area contributed by atoms with Crippen LogP contribution in [-0.4, -0.2) is 60.4 Å². The van der Waals surface area contributed by atoms with Gasteiger partial charge in [-0.2, -0.15) is 0 Å². The van der Waals surface area contributed by atoms with Crippen molar-refractivity contribution in [3.05, 3.63) is 41.7 Å². The molecule has 2 rings (SSSR count). The van der Waals surface area contributed by atoms with Crippen LogP contribution < -0.4 is 10.1 Å². The van der Waals surface area contributed by atoms with Gasteiger partial charge >= 0.3 is 11.9 Å². The summed E-state index contributed by atoms with van der Waals surface area (Å²) in [7, 11) is 1.42. The molecule has 0 saturated carbocycles. The summed E-state index contributed by atoms with van der Waals surface area (Å²) < 4.78 is 15.8. The molecule has 2 atom stereocenters. The summed E-state index contributed by atoms with van der Waals surface area (Å²) in [6.45, 7) is 9.36. The van der Waals surface area contributed by atoms with Crippen LogP contribution in [0.25, 0.3) is 0 Å². The van der Waals surface area contributed by atoms with Gasteiger partial charge in [-0.3, -0.25) is 28.9 Å². The third-order valence-corrected chi connectivity index (χ3v) is 6.41. The number of carbonyl (C=O) groups excluding carboxylic acids is 5. The van der Waals surface area contributed by atoms with Crippen LogP contribution in [0.3, 0.4) is 0 Å². The molecule has 0 radical (unpaired) electrons. The molecule has 1 aromatic rings. The molecule has 0 aliphatic carbocycles. The number of imide groups is 1. The summed E-state index contributed by atoms with van der Waals surface area (Å²) in [6, 6.07) is 5.93. The molecule has 0 aromatic heterocycles. The van der Waals surface area contributed by atoms with Crippen molar-refractivity contribution in [3.63, 3.8) is 0 Å². The number of rotatable bonds is 13. The van der Waals surface area contributed by atoms with Crippen molar-refractivity contribution in [2.45, 2.75) is 91.7 Å². The highest BCUT2D eigenvalue weighted by Gasteiger charge is 2.44. The highest BCUT2D eigenvalue weighted by molar-refractivity contribution is 6.03. The molecule has 0 unspecified atom stereocenters. The minimum Gasteiger partial charge on any atom is -0.501 e. The molecule has 0 bridgehead atoms. The summed E-state index contributed by atoms with van der Waals surface area (Å²) in [5.74, 6) is -1.44. The molecule has 1 aromatic carbocycles. The average Bonchev–Trinajstić information content (AvgIpc) is 3.15. The van der Waals surface area contributed by atoms with Gasteiger partial charge in [0.15, 0.2) is 0 Å². The molecule has 1 heterocycles. The molecule has 1 saturated heterocycles. The minimum absolute atomic E-state index is 0.0607. The molecule has 220 valence electrons. The smallest absolute Gasteiger partial charge is 0.308 e. The second-order valence-electron chi connectivity index (χ2n) is 11.1. The number of nitrogens with zero attached hydrogens (tertiary/aromatic N) is 1. The van der Waals surface area contributed by atoms with Gasteiger partial charge in [0.05, 0.1) is 19.6 Å². The standard InChI is InChI=1S/C30H42N2O8/c1-20(33)39-23-12-10-22(11-13-23)17-25-26(40-21(2)34)19-29(37)32(25)28(36)18-24(38-6)14-16-31-27(35)9-7-8-15-30(3,4)5/h10-13,18,25-26H,7-9,14-17,19H2,1-6H3,(H,31,35)/b24-18+/t25-,26+/m1/s1. The Morgan fingerprint density at radius 1 is 1.02 bits per heavy atom. The number of ether oxygens (including phenoxy) is 3. The lowest BCUT2D eigenvalue weighted by Gasteiger charge is -2.26. The Morgan fingerprint density at radius 2 is 1.70 bits per heavy atom. The largest absolute Gasteiger partial charge is 0.501 e. The molecule has 40 heavy (non-hydrogen) atoms. The van der Waals surface area contributed by atoms with Gasteiger partial charge in [0, 0.05) is 39.3 Å². The molecule has 10 heteroatoms. The maximum absolute atomic E-state index is 13.2. The average molecular weight is 559 g/mol. The maximum Gasteiger partial charge on any atom is 0.308 e. The molecule has 10 nitrogen and oxygen atoms in total.